The van der Waals surface area contributed by atoms with E-state index < -0.39 is 7.53 Å². The molecule has 2 heterocycles. The molecule has 0 saturated heterocycles. The number of thiophene rings is 1. The number of fused-ring (bicyclic) bond motifs is 1. The lowest BCUT2D eigenvalue weighted by Gasteiger charge is -2.10. The van der Waals surface area contributed by atoms with E-state index in [9.17, 15) is 0 Å². The molecule has 0 amide bonds. The van der Waals surface area contributed by atoms with Crippen molar-refractivity contribution in [3.63, 3.8) is 0 Å². The third kappa shape index (κ3) is 3.12. The molecule has 27 heavy (non-hydrogen) atoms. The highest BCUT2D eigenvalue weighted by molar-refractivity contribution is 7.62. The number of benzene rings is 2. The molecule has 0 bridgehead atoms. The Hall–Kier alpha value is -2.34. The molecule has 0 N–H and O–H groups in total. The quantitative estimate of drug-likeness (QED) is 0.334. The summed E-state index contributed by atoms with van der Waals surface area (Å²) in [6, 6.07) is 26.3. The lowest BCUT2D eigenvalue weighted by Crippen LogP contribution is -1.78. The van der Waals surface area contributed by atoms with Crippen LogP contribution in [0.5, 0.6) is 0 Å². The van der Waals surface area contributed by atoms with Crippen molar-refractivity contribution in [2.75, 3.05) is 0 Å². The highest BCUT2D eigenvalue weighted by Crippen LogP contribution is 2.60. The monoisotopic (exact) mass is 384 g/mol. The molecule has 2 heteroatoms. The van der Waals surface area contributed by atoms with Crippen LogP contribution in [0.25, 0.3) is 27.6 Å². The summed E-state index contributed by atoms with van der Waals surface area (Å²) in [6.07, 6.45) is 8.46. The van der Waals surface area contributed by atoms with E-state index in [1.807, 2.05) is 11.3 Å². The predicted molar refractivity (Wildman–Crippen MR) is 121 cm³/mol. The van der Waals surface area contributed by atoms with E-state index >= 15 is 0 Å². The molecule has 1 aliphatic carbocycles. The van der Waals surface area contributed by atoms with Gasteiger partial charge in [0.2, 0.25) is 0 Å². The van der Waals surface area contributed by atoms with Gasteiger partial charge >= 0.3 is 0 Å². The number of rotatable bonds is 4. The molecule has 0 spiro atoms. The van der Waals surface area contributed by atoms with Crippen molar-refractivity contribution in [1.29, 1.82) is 0 Å². The maximum Gasteiger partial charge on any atom is 0.0388 e. The molecule has 2 aromatic carbocycles. The Balaban J connectivity index is 1.75. The summed E-state index contributed by atoms with van der Waals surface area (Å²) in [6.45, 7) is 0. The highest BCUT2D eigenvalue weighted by Gasteiger charge is 2.27. The van der Waals surface area contributed by atoms with Gasteiger partial charge in [-0.1, -0.05) is 80.3 Å². The fourth-order valence-electron chi connectivity index (χ4n) is 4.11. The normalized spacial score (nSPS) is 14.0. The maximum absolute atomic E-state index is 2.41. The van der Waals surface area contributed by atoms with Crippen molar-refractivity contribution in [3.05, 3.63) is 100 Å². The molecule has 1 atom stereocenters. The Morgan fingerprint density at radius 3 is 2.22 bits per heavy atom. The van der Waals surface area contributed by atoms with Crippen molar-refractivity contribution >= 4 is 31.0 Å². The second-order valence-electron chi connectivity index (χ2n) is 6.94. The zero-order valence-electron chi connectivity index (χ0n) is 15.1. The Morgan fingerprint density at radius 2 is 1.48 bits per heavy atom. The van der Waals surface area contributed by atoms with Gasteiger partial charge in [0.25, 0.3) is 0 Å². The van der Waals surface area contributed by atoms with E-state index in [4.69, 9.17) is 0 Å². The summed E-state index contributed by atoms with van der Waals surface area (Å²) in [5.41, 5.74) is 4.54. The Labute approximate surface area is 165 Å². The van der Waals surface area contributed by atoms with Gasteiger partial charge < -0.3 is 0 Å². The molecule has 2 aromatic heterocycles. The Bertz CT molecular complexity index is 1070. The maximum atomic E-state index is 2.41. The van der Waals surface area contributed by atoms with E-state index in [2.05, 4.69) is 90.3 Å². The van der Waals surface area contributed by atoms with Gasteiger partial charge in [-0.15, -0.1) is 11.3 Å². The van der Waals surface area contributed by atoms with Gasteiger partial charge in [-0.05, 0) is 58.8 Å². The van der Waals surface area contributed by atoms with Gasteiger partial charge in [-0.3, -0.25) is 0 Å². The van der Waals surface area contributed by atoms with Crippen LogP contribution < -0.4 is 0 Å². The highest BCUT2D eigenvalue weighted by atomic mass is 32.1. The molecule has 0 radical (unpaired) electrons. The smallest absolute Gasteiger partial charge is 0.0388 e. The largest absolute Gasteiger partial charge is 0.143 e. The van der Waals surface area contributed by atoms with E-state index in [-0.39, 0.29) is 0 Å². The van der Waals surface area contributed by atoms with Crippen LogP contribution >= 0.6 is 18.9 Å². The third-order valence-corrected chi connectivity index (χ3v) is 8.99. The molecule has 1 aliphatic rings. The molecule has 4 aromatic rings. The van der Waals surface area contributed by atoms with Gasteiger partial charge in [0, 0.05) is 15.5 Å². The second kappa shape index (κ2) is 7.35. The van der Waals surface area contributed by atoms with Crippen LogP contribution in [0.15, 0.2) is 78.2 Å². The third-order valence-electron chi connectivity index (χ3n) is 5.28. The van der Waals surface area contributed by atoms with E-state index in [1.54, 1.807) is 21.7 Å². The SMILES string of the molecule is C(=C\c1c2c(c(-c3cccs3)p1-c1ccccc1)CCC2)/c1ccccc1. The van der Waals surface area contributed by atoms with Gasteiger partial charge in [0.1, 0.15) is 0 Å². The second-order valence-corrected chi connectivity index (χ2v) is 10.0. The van der Waals surface area contributed by atoms with E-state index in [1.165, 1.54) is 35.0 Å². The summed E-state index contributed by atoms with van der Waals surface area (Å²) in [4.78, 5) is 1.46. The number of hydrogen-bond acceptors (Lipinski definition) is 1. The molecule has 0 saturated carbocycles. The zero-order chi connectivity index (χ0) is 18.1. The van der Waals surface area contributed by atoms with Crippen molar-refractivity contribution in [2.45, 2.75) is 19.3 Å². The van der Waals surface area contributed by atoms with Crippen LogP contribution in [-0.4, -0.2) is 0 Å². The first-order chi connectivity index (χ1) is 13.4. The summed E-state index contributed by atoms with van der Waals surface area (Å²) < 4.78 is 0. The molecule has 1 unspecified atom stereocenters. The fraction of sp³-hybridized carbons (Fsp3) is 0.120. The first-order valence-corrected chi connectivity index (χ1v) is 11.7. The first-order valence-electron chi connectivity index (χ1n) is 9.51. The molecular weight excluding hydrogens is 363 g/mol. The molecule has 0 aliphatic heterocycles. The van der Waals surface area contributed by atoms with Crippen molar-refractivity contribution < 1.29 is 0 Å². The van der Waals surface area contributed by atoms with Gasteiger partial charge in [-0.2, -0.15) is 0 Å². The lowest BCUT2D eigenvalue weighted by atomic mass is 10.1. The predicted octanol–water partition coefficient (Wildman–Crippen LogP) is 8.05. The Morgan fingerprint density at radius 1 is 0.741 bits per heavy atom. The van der Waals surface area contributed by atoms with Crippen molar-refractivity contribution in [3.8, 4) is 15.5 Å². The van der Waals surface area contributed by atoms with Crippen molar-refractivity contribution in [2.24, 2.45) is 0 Å². The van der Waals surface area contributed by atoms with Gasteiger partial charge in [-0.25, -0.2) is 0 Å². The summed E-state index contributed by atoms with van der Waals surface area (Å²) in [5.74, 6) is 0. The minimum atomic E-state index is -0.464. The average molecular weight is 384 g/mol. The topological polar surface area (TPSA) is 0 Å². The van der Waals surface area contributed by atoms with Gasteiger partial charge in [0.15, 0.2) is 0 Å². The number of hydrogen-bond donors (Lipinski definition) is 0. The van der Waals surface area contributed by atoms with Crippen LogP contribution in [0.2, 0.25) is 0 Å². The lowest BCUT2D eigenvalue weighted by molar-refractivity contribution is 0.911. The molecule has 5 rings (SSSR count). The van der Waals surface area contributed by atoms with E-state index in [0.29, 0.717) is 0 Å². The van der Waals surface area contributed by atoms with Gasteiger partial charge in [0.05, 0.1) is 0 Å². The first kappa shape index (κ1) is 16.8. The molecule has 0 nitrogen and oxygen atoms in total. The molecule has 0 fully saturated rings. The van der Waals surface area contributed by atoms with E-state index in [0.717, 1.165) is 0 Å². The minimum absolute atomic E-state index is 0.464. The fourth-order valence-corrected chi connectivity index (χ4v) is 8.04. The minimum Gasteiger partial charge on any atom is -0.143 e. The van der Waals surface area contributed by atoms with Crippen molar-refractivity contribution in [1.82, 2.24) is 0 Å². The van der Waals surface area contributed by atoms with Crippen LogP contribution in [-0.2, 0) is 12.8 Å². The summed E-state index contributed by atoms with van der Waals surface area (Å²) >= 11 is 1.89. The average Bonchev–Trinajstić information content (AvgIpc) is 3.45. The van der Waals surface area contributed by atoms with Crippen LogP contribution in [0.4, 0.5) is 0 Å². The standard InChI is InChI=1S/C25H21PS/c1-3-9-19(10-4-1)16-17-23-21-13-7-14-22(21)25(24-15-8-18-27-24)26(23)20-11-5-2-6-12-20/h1-6,8-12,15-18H,7,13-14H2/b17-16+. The zero-order valence-corrected chi connectivity index (χ0v) is 16.8. The Kier molecular flexibility index (Phi) is 4.57. The van der Waals surface area contributed by atoms with Crippen LogP contribution in [0, 0.1) is 0 Å². The summed E-state index contributed by atoms with van der Waals surface area (Å²) in [7, 11) is -0.464. The molecular formula is C25H21PS. The summed E-state index contributed by atoms with van der Waals surface area (Å²) in [5, 5.41) is 6.87. The molecule has 132 valence electrons. The van der Waals surface area contributed by atoms with Crippen LogP contribution in [0.1, 0.15) is 28.4 Å². The van der Waals surface area contributed by atoms with Crippen LogP contribution in [0.3, 0.4) is 0 Å².